The molecule has 0 aliphatic rings. The van der Waals surface area contributed by atoms with Crippen molar-refractivity contribution in [2.24, 2.45) is 0 Å². The second-order valence-corrected chi connectivity index (χ2v) is 9.20. The molecule has 0 radical (unpaired) electrons. The molecule has 0 saturated carbocycles. The molecule has 0 bridgehead atoms. The summed E-state index contributed by atoms with van der Waals surface area (Å²) in [6.07, 6.45) is 0. The zero-order valence-corrected chi connectivity index (χ0v) is 24.7. The van der Waals surface area contributed by atoms with Crippen LogP contribution in [0.25, 0.3) is 0 Å². The minimum absolute atomic E-state index is 0. The van der Waals surface area contributed by atoms with E-state index in [4.69, 9.17) is 104 Å². The number of carbonyl (C=O) groups is 3. The number of aliphatic carboxylic acids is 3. The van der Waals surface area contributed by atoms with Crippen molar-refractivity contribution >= 4 is 122 Å². The molecule has 0 rings (SSSR count). The van der Waals surface area contributed by atoms with Gasteiger partial charge in [0.05, 0.1) is 17.9 Å². The predicted molar refractivity (Wildman–Crippen MR) is 75.9 cm³/mol. The topological polar surface area (TPSA) is 120 Å². The summed E-state index contributed by atoms with van der Waals surface area (Å²) in [5.41, 5.74) is 0. The first kappa shape index (κ1) is 42.2. The van der Waals surface area contributed by atoms with Crippen LogP contribution in [0.5, 0.6) is 0 Å². The Bertz CT molecular complexity index is 320. The minimum atomic E-state index is -2.28. The average molecular weight is 556 g/mol. The molecule has 0 amide bonds. The molecule has 0 aromatic carbocycles. The van der Waals surface area contributed by atoms with Crippen molar-refractivity contribution in [3.63, 3.8) is 0 Å². The maximum Gasteiger partial charge on any atom is 1.00 e. The first-order valence-electron chi connectivity index (χ1n) is 3.68. The van der Waals surface area contributed by atoms with Gasteiger partial charge in [-0.1, -0.05) is 104 Å². The van der Waals surface area contributed by atoms with E-state index in [1.165, 1.54) is 0 Å². The van der Waals surface area contributed by atoms with Gasteiger partial charge in [-0.15, -0.1) is 0 Å². The zero-order chi connectivity index (χ0) is 18.2. The van der Waals surface area contributed by atoms with Crippen molar-refractivity contribution in [2.75, 3.05) is 0 Å². The van der Waals surface area contributed by atoms with E-state index in [9.17, 15) is 29.7 Å². The van der Waals surface area contributed by atoms with E-state index < -0.39 is 29.3 Å². The summed E-state index contributed by atoms with van der Waals surface area (Å²) in [6.45, 7) is 0. The van der Waals surface area contributed by atoms with Gasteiger partial charge in [0.15, 0.2) is 0 Å². The van der Waals surface area contributed by atoms with E-state index in [1.807, 2.05) is 0 Å². The molecule has 6 nitrogen and oxygen atoms in total. The second-order valence-electron chi connectivity index (χ2n) is 2.36. The number of alkyl halides is 9. The van der Waals surface area contributed by atoms with Crippen molar-refractivity contribution < 1.29 is 118 Å². The van der Waals surface area contributed by atoms with E-state index in [0.717, 1.165) is 0 Å². The molecular formula is C6Cl9Na3O6. The summed E-state index contributed by atoms with van der Waals surface area (Å²) in [5.74, 6) is -5.13. The van der Waals surface area contributed by atoms with Crippen molar-refractivity contribution in [2.45, 2.75) is 11.4 Å². The molecule has 0 aromatic rings. The number of carbonyl (C=O) groups excluding carboxylic acids is 3. The normalized spacial score (nSPS) is 9.88. The number of hydrogen-bond acceptors (Lipinski definition) is 6. The van der Waals surface area contributed by atoms with Crippen LogP contribution in [0.4, 0.5) is 0 Å². The standard InChI is InChI=1S/3C2HCl3O2.3Na/c3*3-2(4,5)1(6)7;;;/h3*(H,6,7);;;/q;;;3*+1/p-3. The number of halogens is 9. The molecule has 0 aromatic heterocycles. The Morgan fingerprint density at radius 2 is 0.500 bits per heavy atom. The molecule has 0 heterocycles. The Kier molecular flexibility index (Phi) is 33.4. The minimum Gasteiger partial charge on any atom is -0.545 e. The maximum absolute atomic E-state index is 9.51. The fraction of sp³-hybridized carbons (Fsp3) is 0.500. The number of carboxylic acids is 3. The van der Waals surface area contributed by atoms with Crippen LogP contribution in [0.1, 0.15) is 0 Å². The second kappa shape index (κ2) is 19.0. The van der Waals surface area contributed by atoms with E-state index in [0.29, 0.717) is 0 Å². The van der Waals surface area contributed by atoms with Gasteiger partial charge in [-0.05, 0) is 0 Å². The van der Waals surface area contributed by atoms with Gasteiger partial charge in [-0.3, -0.25) is 0 Å². The third-order valence-corrected chi connectivity index (χ3v) is 2.08. The summed E-state index contributed by atoms with van der Waals surface area (Å²) in [6, 6.07) is 0. The third-order valence-electron chi connectivity index (χ3n) is 0.694. The number of rotatable bonds is 0. The van der Waals surface area contributed by atoms with Gasteiger partial charge < -0.3 is 29.7 Å². The summed E-state index contributed by atoms with van der Waals surface area (Å²) >= 11 is 42.6. The first-order chi connectivity index (χ1) is 8.83. The Morgan fingerprint density at radius 1 is 0.458 bits per heavy atom. The molecule has 0 aliphatic heterocycles. The summed E-state index contributed by atoms with van der Waals surface area (Å²) in [5, 5.41) is 28.5. The summed E-state index contributed by atoms with van der Waals surface area (Å²) in [4.78, 5) is 28.5. The van der Waals surface area contributed by atoms with Gasteiger partial charge in [0.25, 0.3) is 0 Å². The molecule has 0 N–H and O–H groups in total. The molecule has 126 valence electrons. The van der Waals surface area contributed by atoms with E-state index in [-0.39, 0.29) is 88.7 Å². The fourth-order valence-electron chi connectivity index (χ4n) is 0. The van der Waals surface area contributed by atoms with Crippen molar-refractivity contribution in [1.29, 1.82) is 0 Å². The molecule has 0 spiro atoms. The monoisotopic (exact) mass is 552 g/mol. The Labute approximate surface area is 247 Å². The Morgan fingerprint density at radius 3 is 0.500 bits per heavy atom. The van der Waals surface area contributed by atoms with Crippen LogP contribution in [0.15, 0.2) is 0 Å². The quantitative estimate of drug-likeness (QED) is 0.216. The van der Waals surface area contributed by atoms with Crippen LogP contribution >= 0.6 is 104 Å². The van der Waals surface area contributed by atoms with Crippen LogP contribution in [-0.2, 0) is 14.4 Å². The van der Waals surface area contributed by atoms with Crippen LogP contribution in [0.2, 0.25) is 0 Å². The van der Waals surface area contributed by atoms with Crippen molar-refractivity contribution in [3.05, 3.63) is 0 Å². The maximum atomic E-state index is 9.51. The van der Waals surface area contributed by atoms with Crippen molar-refractivity contribution in [1.82, 2.24) is 0 Å². The van der Waals surface area contributed by atoms with Crippen LogP contribution in [0, 0.1) is 0 Å². The van der Waals surface area contributed by atoms with Gasteiger partial charge >= 0.3 is 88.7 Å². The van der Waals surface area contributed by atoms with Crippen LogP contribution < -0.4 is 104 Å². The number of hydrogen-bond donors (Lipinski definition) is 0. The third kappa shape index (κ3) is 33.6. The van der Waals surface area contributed by atoms with Crippen LogP contribution in [-0.4, -0.2) is 29.3 Å². The molecule has 0 saturated heterocycles. The predicted octanol–water partition coefficient (Wildman–Crippen LogP) is -8.67. The molecule has 0 atom stereocenters. The van der Waals surface area contributed by atoms with Gasteiger partial charge in [0, 0.05) is 0 Å². The van der Waals surface area contributed by atoms with Gasteiger partial charge in [-0.25, -0.2) is 0 Å². The average Bonchev–Trinajstić information content (AvgIpc) is 2.14. The number of carboxylic acid groups (broad SMARTS) is 3. The first-order valence-corrected chi connectivity index (χ1v) is 7.08. The smallest absolute Gasteiger partial charge is 0.545 e. The van der Waals surface area contributed by atoms with Gasteiger partial charge in [0.2, 0.25) is 11.4 Å². The van der Waals surface area contributed by atoms with Gasteiger partial charge in [-0.2, -0.15) is 0 Å². The molecule has 0 aliphatic carbocycles. The SMILES string of the molecule is O=C([O-])C(Cl)(Cl)Cl.O=C([O-])C(Cl)(Cl)Cl.O=C([O-])C(Cl)(Cl)Cl.[Na+].[Na+].[Na+]. The molecule has 0 unspecified atom stereocenters. The summed E-state index contributed by atoms with van der Waals surface area (Å²) < 4.78 is -6.83. The molecule has 18 heteroatoms. The Hall–Kier alpha value is 4.02. The fourth-order valence-corrected chi connectivity index (χ4v) is 0. The molecule has 24 heavy (non-hydrogen) atoms. The van der Waals surface area contributed by atoms with E-state index >= 15 is 0 Å². The van der Waals surface area contributed by atoms with Gasteiger partial charge in [0.1, 0.15) is 0 Å². The largest absolute Gasteiger partial charge is 1.00 e. The molecule has 0 fully saturated rings. The summed E-state index contributed by atoms with van der Waals surface area (Å²) in [7, 11) is 0. The Balaban J connectivity index is -0.0000000476. The van der Waals surface area contributed by atoms with E-state index in [1.54, 1.807) is 0 Å². The zero-order valence-electron chi connectivity index (χ0n) is 11.9. The van der Waals surface area contributed by atoms with Crippen LogP contribution in [0.3, 0.4) is 0 Å². The molecular weight excluding hydrogens is 556 g/mol. The van der Waals surface area contributed by atoms with Crippen molar-refractivity contribution in [3.8, 4) is 0 Å². The van der Waals surface area contributed by atoms with E-state index in [2.05, 4.69) is 0 Å².